The summed E-state index contributed by atoms with van der Waals surface area (Å²) in [6.45, 7) is 5.07. The molecule has 0 spiro atoms. The van der Waals surface area contributed by atoms with E-state index >= 15 is 0 Å². The van der Waals surface area contributed by atoms with Crippen LogP contribution in [0, 0.1) is 6.92 Å². The van der Waals surface area contributed by atoms with Crippen LogP contribution in [0.4, 0.5) is 5.82 Å². The van der Waals surface area contributed by atoms with Crippen LogP contribution in [0.3, 0.4) is 0 Å². The number of rotatable bonds is 5. The van der Waals surface area contributed by atoms with Gasteiger partial charge in [-0.15, -0.1) is 11.3 Å². The number of carbonyl (C=O) groups is 1. The maximum absolute atomic E-state index is 12.1. The smallest absolute Gasteiger partial charge is 0.255 e. The molecule has 0 unspecified atom stereocenters. The number of amides is 1. The highest BCUT2D eigenvalue weighted by Crippen LogP contribution is 2.12. The van der Waals surface area contributed by atoms with Gasteiger partial charge in [-0.2, -0.15) is 0 Å². The Balaban J connectivity index is 2.03. The van der Waals surface area contributed by atoms with Gasteiger partial charge in [0, 0.05) is 18.1 Å². The molecule has 19 heavy (non-hydrogen) atoms. The summed E-state index contributed by atoms with van der Waals surface area (Å²) in [5.41, 5.74) is 1.43. The molecule has 6 heteroatoms. The Morgan fingerprint density at radius 3 is 3.00 bits per heavy atom. The molecule has 5 nitrogen and oxygen atoms in total. The molecule has 1 amide bonds. The zero-order valence-electron chi connectivity index (χ0n) is 10.9. The number of pyridine rings is 1. The highest BCUT2D eigenvalue weighted by molar-refractivity contribution is 7.09. The van der Waals surface area contributed by atoms with Gasteiger partial charge in [0.15, 0.2) is 0 Å². The number of nitrogens with zero attached hydrogens (tertiary/aromatic N) is 2. The van der Waals surface area contributed by atoms with E-state index in [9.17, 15) is 4.79 Å². The Labute approximate surface area is 116 Å². The Morgan fingerprint density at radius 2 is 2.32 bits per heavy atom. The van der Waals surface area contributed by atoms with E-state index < -0.39 is 0 Å². The van der Waals surface area contributed by atoms with Crippen LogP contribution in [0.25, 0.3) is 0 Å². The molecule has 0 aliphatic heterocycles. The van der Waals surface area contributed by atoms with Crippen molar-refractivity contribution in [1.29, 1.82) is 0 Å². The Hall–Kier alpha value is -1.95. The van der Waals surface area contributed by atoms with Crippen molar-refractivity contribution in [2.75, 3.05) is 11.9 Å². The van der Waals surface area contributed by atoms with E-state index in [1.807, 2.05) is 19.2 Å². The van der Waals surface area contributed by atoms with Gasteiger partial charge in [0.2, 0.25) is 0 Å². The third-order valence-electron chi connectivity index (χ3n) is 2.49. The molecule has 2 N–H and O–H groups in total. The SMILES string of the molecule is CCNc1ncccc1C(=O)NCc1csc(C)n1. The molecule has 2 aromatic heterocycles. The molecule has 0 aliphatic rings. The Bertz CT molecular complexity index is 567. The minimum Gasteiger partial charge on any atom is -0.370 e. The zero-order valence-corrected chi connectivity index (χ0v) is 11.8. The van der Waals surface area contributed by atoms with Gasteiger partial charge in [-0.25, -0.2) is 9.97 Å². The Kier molecular flexibility index (Phi) is 4.46. The largest absolute Gasteiger partial charge is 0.370 e. The van der Waals surface area contributed by atoms with E-state index in [0.717, 1.165) is 17.2 Å². The number of aryl methyl sites for hydroxylation is 1. The third-order valence-corrected chi connectivity index (χ3v) is 3.32. The molecule has 0 radical (unpaired) electrons. The van der Waals surface area contributed by atoms with Crippen LogP contribution in [-0.4, -0.2) is 22.4 Å². The molecule has 2 heterocycles. The summed E-state index contributed by atoms with van der Waals surface area (Å²) in [4.78, 5) is 20.6. The average Bonchev–Trinajstić information content (AvgIpc) is 2.83. The third kappa shape index (κ3) is 3.51. The van der Waals surface area contributed by atoms with Crippen molar-refractivity contribution in [2.24, 2.45) is 0 Å². The van der Waals surface area contributed by atoms with Gasteiger partial charge in [-0.3, -0.25) is 4.79 Å². The van der Waals surface area contributed by atoms with Crippen LogP contribution < -0.4 is 10.6 Å². The van der Waals surface area contributed by atoms with Crippen molar-refractivity contribution in [1.82, 2.24) is 15.3 Å². The van der Waals surface area contributed by atoms with Crippen molar-refractivity contribution >= 4 is 23.1 Å². The second-order valence-corrected chi connectivity index (χ2v) is 5.03. The highest BCUT2D eigenvalue weighted by atomic mass is 32.1. The van der Waals surface area contributed by atoms with Crippen LogP contribution in [0.5, 0.6) is 0 Å². The molecule has 0 aliphatic carbocycles. The lowest BCUT2D eigenvalue weighted by atomic mass is 10.2. The van der Waals surface area contributed by atoms with E-state index in [2.05, 4.69) is 20.6 Å². The standard InChI is InChI=1S/C13H16N4OS/c1-3-14-12-11(5-4-6-15-12)13(18)16-7-10-8-19-9(2)17-10/h4-6,8H,3,7H2,1-2H3,(H,14,15)(H,16,18). The molecule has 0 saturated heterocycles. The fraction of sp³-hybridized carbons (Fsp3) is 0.308. The molecule has 2 rings (SSSR count). The maximum atomic E-state index is 12.1. The second kappa shape index (κ2) is 6.29. The molecule has 0 aromatic carbocycles. The van der Waals surface area contributed by atoms with Crippen molar-refractivity contribution in [2.45, 2.75) is 20.4 Å². The summed E-state index contributed by atoms with van der Waals surface area (Å²) in [5.74, 6) is 0.465. The lowest BCUT2D eigenvalue weighted by molar-refractivity contribution is 0.0951. The minimum atomic E-state index is -0.144. The number of nitrogens with one attached hydrogen (secondary N) is 2. The maximum Gasteiger partial charge on any atom is 0.255 e. The van der Waals surface area contributed by atoms with Gasteiger partial charge in [-0.05, 0) is 26.0 Å². The first-order valence-corrected chi connectivity index (χ1v) is 6.96. The quantitative estimate of drug-likeness (QED) is 0.878. The summed E-state index contributed by atoms with van der Waals surface area (Å²) in [6, 6.07) is 3.51. The van der Waals surface area contributed by atoms with Crippen LogP contribution in [0.1, 0.15) is 28.0 Å². The Morgan fingerprint density at radius 1 is 1.47 bits per heavy atom. The zero-order chi connectivity index (χ0) is 13.7. The predicted molar refractivity (Wildman–Crippen MR) is 76.4 cm³/mol. The van der Waals surface area contributed by atoms with E-state index in [1.54, 1.807) is 29.7 Å². The van der Waals surface area contributed by atoms with Crippen molar-refractivity contribution in [3.63, 3.8) is 0 Å². The summed E-state index contributed by atoms with van der Waals surface area (Å²) in [7, 11) is 0. The van der Waals surface area contributed by atoms with E-state index in [0.29, 0.717) is 17.9 Å². The lowest BCUT2D eigenvalue weighted by Gasteiger charge is -2.09. The van der Waals surface area contributed by atoms with E-state index in [-0.39, 0.29) is 5.91 Å². The first-order valence-electron chi connectivity index (χ1n) is 6.08. The van der Waals surface area contributed by atoms with Crippen LogP contribution >= 0.6 is 11.3 Å². The molecular formula is C13H16N4OS. The molecular weight excluding hydrogens is 260 g/mol. The average molecular weight is 276 g/mol. The van der Waals surface area contributed by atoms with Gasteiger partial charge in [0.25, 0.3) is 5.91 Å². The number of carbonyl (C=O) groups excluding carboxylic acids is 1. The van der Waals surface area contributed by atoms with Gasteiger partial charge in [-0.1, -0.05) is 0 Å². The molecule has 0 atom stereocenters. The van der Waals surface area contributed by atoms with Gasteiger partial charge >= 0.3 is 0 Å². The fourth-order valence-electron chi connectivity index (χ4n) is 1.65. The highest BCUT2D eigenvalue weighted by Gasteiger charge is 2.11. The minimum absolute atomic E-state index is 0.144. The number of aromatic nitrogens is 2. The summed E-state index contributed by atoms with van der Waals surface area (Å²) < 4.78 is 0. The molecule has 0 bridgehead atoms. The number of hydrogen-bond acceptors (Lipinski definition) is 5. The number of thiazole rings is 1. The van der Waals surface area contributed by atoms with Crippen molar-refractivity contribution < 1.29 is 4.79 Å². The summed E-state index contributed by atoms with van der Waals surface area (Å²) in [6.07, 6.45) is 1.67. The number of hydrogen-bond donors (Lipinski definition) is 2. The second-order valence-electron chi connectivity index (χ2n) is 3.97. The molecule has 0 saturated carbocycles. The normalized spacial score (nSPS) is 10.2. The van der Waals surface area contributed by atoms with Gasteiger partial charge in [0.05, 0.1) is 22.8 Å². The van der Waals surface area contributed by atoms with Gasteiger partial charge in [0.1, 0.15) is 5.82 Å². The lowest BCUT2D eigenvalue weighted by Crippen LogP contribution is -2.24. The molecule has 2 aromatic rings. The summed E-state index contributed by atoms with van der Waals surface area (Å²) >= 11 is 1.58. The van der Waals surface area contributed by atoms with Gasteiger partial charge < -0.3 is 10.6 Å². The van der Waals surface area contributed by atoms with E-state index in [4.69, 9.17) is 0 Å². The van der Waals surface area contributed by atoms with Crippen molar-refractivity contribution in [3.8, 4) is 0 Å². The van der Waals surface area contributed by atoms with E-state index in [1.165, 1.54) is 0 Å². The molecule has 0 fully saturated rings. The fourth-order valence-corrected chi connectivity index (χ4v) is 2.26. The first-order chi connectivity index (χ1) is 9.20. The topological polar surface area (TPSA) is 66.9 Å². The summed E-state index contributed by atoms with van der Waals surface area (Å²) in [5, 5.41) is 8.87. The van der Waals surface area contributed by atoms with Crippen LogP contribution in [0.15, 0.2) is 23.7 Å². The predicted octanol–water partition coefficient (Wildman–Crippen LogP) is 2.21. The van der Waals surface area contributed by atoms with Crippen molar-refractivity contribution in [3.05, 3.63) is 40.0 Å². The van der Waals surface area contributed by atoms with Crippen LogP contribution in [0.2, 0.25) is 0 Å². The monoisotopic (exact) mass is 276 g/mol. The first kappa shape index (κ1) is 13.5. The number of anilines is 1. The molecule has 100 valence electrons. The van der Waals surface area contributed by atoms with Crippen LogP contribution in [-0.2, 0) is 6.54 Å².